The molecule has 0 aromatic carbocycles. The van der Waals surface area contributed by atoms with Crippen molar-refractivity contribution >= 4 is 11.6 Å². The lowest BCUT2D eigenvalue weighted by molar-refractivity contribution is 0.193. The second-order valence-electron chi connectivity index (χ2n) is 2.41. The predicted molar refractivity (Wildman–Crippen MR) is 46.4 cm³/mol. The lowest BCUT2D eigenvalue weighted by Crippen LogP contribution is -1.98. The Morgan fingerprint density at radius 2 is 2.25 bits per heavy atom. The third kappa shape index (κ3) is 1.87. The molecule has 1 N–H and O–H groups in total. The normalized spacial score (nSPS) is 12.7. The van der Waals surface area contributed by atoms with Gasteiger partial charge in [0.15, 0.2) is 0 Å². The third-order valence-electron chi connectivity index (χ3n) is 1.50. The number of halogens is 1. The monoisotopic (exact) mass is 187 g/mol. The quantitative estimate of drug-likeness (QED) is 0.718. The molecule has 4 heteroatoms. The van der Waals surface area contributed by atoms with Crippen LogP contribution in [0.5, 0.6) is 5.88 Å². The van der Waals surface area contributed by atoms with Crippen LogP contribution in [-0.2, 0) is 0 Å². The van der Waals surface area contributed by atoms with E-state index in [4.69, 9.17) is 16.3 Å². The molecule has 12 heavy (non-hydrogen) atoms. The van der Waals surface area contributed by atoms with E-state index in [9.17, 15) is 5.11 Å². The number of pyridine rings is 1. The Balaban J connectivity index is 3.11. The van der Waals surface area contributed by atoms with Crippen molar-refractivity contribution < 1.29 is 9.84 Å². The van der Waals surface area contributed by atoms with E-state index in [-0.39, 0.29) is 0 Å². The minimum Gasteiger partial charge on any atom is -0.481 e. The number of nitrogens with zero attached hydrogens (tertiary/aromatic N) is 1. The number of aliphatic hydroxyl groups is 1. The molecule has 0 aliphatic rings. The van der Waals surface area contributed by atoms with Gasteiger partial charge < -0.3 is 9.84 Å². The number of hydrogen-bond donors (Lipinski definition) is 1. The lowest BCUT2D eigenvalue weighted by atomic mass is 10.2. The molecule has 3 nitrogen and oxygen atoms in total. The van der Waals surface area contributed by atoms with E-state index in [1.807, 2.05) is 0 Å². The van der Waals surface area contributed by atoms with Crippen molar-refractivity contribution in [2.75, 3.05) is 7.11 Å². The first-order valence-corrected chi connectivity index (χ1v) is 3.91. The smallest absolute Gasteiger partial charge is 0.220 e. The van der Waals surface area contributed by atoms with Crippen LogP contribution in [0.4, 0.5) is 0 Å². The highest BCUT2D eigenvalue weighted by molar-refractivity contribution is 6.29. The van der Waals surface area contributed by atoms with Crippen LogP contribution in [0.15, 0.2) is 12.1 Å². The van der Waals surface area contributed by atoms with Crippen LogP contribution in [-0.4, -0.2) is 17.2 Å². The Hall–Kier alpha value is -0.800. The Morgan fingerprint density at radius 1 is 1.58 bits per heavy atom. The van der Waals surface area contributed by atoms with Crippen molar-refractivity contribution in [1.82, 2.24) is 4.98 Å². The van der Waals surface area contributed by atoms with E-state index in [0.717, 1.165) is 0 Å². The van der Waals surface area contributed by atoms with Gasteiger partial charge in [-0.1, -0.05) is 11.6 Å². The number of rotatable bonds is 2. The molecule has 0 saturated heterocycles. The van der Waals surface area contributed by atoms with E-state index in [0.29, 0.717) is 16.6 Å². The SMILES string of the molecule is COc1nc(Cl)ccc1[C@@H](C)O. The molecule has 0 bridgehead atoms. The molecule has 0 radical (unpaired) electrons. The largest absolute Gasteiger partial charge is 0.481 e. The summed E-state index contributed by atoms with van der Waals surface area (Å²) in [5.74, 6) is 0.373. The van der Waals surface area contributed by atoms with Gasteiger partial charge in [-0.05, 0) is 19.1 Å². The second-order valence-corrected chi connectivity index (χ2v) is 2.80. The maximum absolute atomic E-state index is 9.26. The van der Waals surface area contributed by atoms with Crippen LogP contribution in [0.3, 0.4) is 0 Å². The first kappa shape index (κ1) is 9.29. The molecule has 1 heterocycles. The highest BCUT2D eigenvalue weighted by Crippen LogP contribution is 2.24. The standard InChI is InChI=1S/C8H10ClNO2/c1-5(11)6-3-4-7(9)10-8(6)12-2/h3-5,11H,1-2H3/t5-/m1/s1. The minimum absolute atomic E-state index is 0.358. The van der Waals surface area contributed by atoms with Gasteiger partial charge in [-0.3, -0.25) is 0 Å². The molecule has 0 amide bonds. The molecule has 0 aliphatic heterocycles. The first-order chi connectivity index (χ1) is 5.65. The van der Waals surface area contributed by atoms with Gasteiger partial charge in [0.1, 0.15) is 5.15 Å². The van der Waals surface area contributed by atoms with Gasteiger partial charge in [0.2, 0.25) is 5.88 Å². The summed E-state index contributed by atoms with van der Waals surface area (Å²) in [4.78, 5) is 3.90. The lowest BCUT2D eigenvalue weighted by Gasteiger charge is -2.08. The molecule has 0 aliphatic carbocycles. The Labute approximate surface area is 76.0 Å². The van der Waals surface area contributed by atoms with Gasteiger partial charge in [-0.2, -0.15) is 0 Å². The average molecular weight is 188 g/mol. The summed E-state index contributed by atoms with van der Waals surface area (Å²) in [7, 11) is 1.49. The molecule has 0 fully saturated rings. The Bertz CT molecular complexity index is 276. The summed E-state index contributed by atoms with van der Waals surface area (Å²) in [6, 6.07) is 3.31. The summed E-state index contributed by atoms with van der Waals surface area (Å²) in [5.41, 5.74) is 0.641. The summed E-state index contributed by atoms with van der Waals surface area (Å²) >= 11 is 5.63. The fraction of sp³-hybridized carbons (Fsp3) is 0.375. The number of aliphatic hydroxyl groups excluding tert-OH is 1. The van der Waals surface area contributed by atoms with Gasteiger partial charge in [-0.15, -0.1) is 0 Å². The summed E-state index contributed by atoms with van der Waals surface area (Å²) in [6.07, 6.45) is -0.593. The maximum atomic E-state index is 9.26. The molecule has 1 aromatic heterocycles. The summed E-state index contributed by atoms with van der Waals surface area (Å²) in [6.45, 7) is 1.65. The molecule has 1 atom stereocenters. The van der Waals surface area contributed by atoms with Crippen molar-refractivity contribution in [3.8, 4) is 5.88 Å². The Morgan fingerprint density at radius 3 is 2.75 bits per heavy atom. The summed E-state index contributed by atoms with van der Waals surface area (Å²) < 4.78 is 4.93. The van der Waals surface area contributed by atoms with Crippen LogP contribution in [0.25, 0.3) is 0 Å². The van der Waals surface area contributed by atoms with E-state index in [1.165, 1.54) is 7.11 Å². The molecule has 0 unspecified atom stereocenters. The van der Waals surface area contributed by atoms with Crippen LogP contribution in [0.1, 0.15) is 18.6 Å². The fourth-order valence-corrected chi connectivity index (χ4v) is 1.05. The Kier molecular flexibility index (Phi) is 2.89. The maximum Gasteiger partial charge on any atom is 0.220 e. The van der Waals surface area contributed by atoms with Crippen LogP contribution < -0.4 is 4.74 Å². The van der Waals surface area contributed by atoms with Gasteiger partial charge >= 0.3 is 0 Å². The first-order valence-electron chi connectivity index (χ1n) is 3.53. The molecular formula is C8H10ClNO2. The number of ether oxygens (including phenoxy) is 1. The zero-order valence-electron chi connectivity index (χ0n) is 6.91. The van der Waals surface area contributed by atoms with E-state index in [1.54, 1.807) is 19.1 Å². The third-order valence-corrected chi connectivity index (χ3v) is 1.71. The highest BCUT2D eigenvalue weighted by atomic mass is 35.5. The summed E-state index contributed by atoms with van der Waals surface area (Å²) in [5, 5.41) is 9.62. The molecule has 0 spiro atoms. The van der Waals surface area contributed by atoms with E-state index < -0.39 is 6.10 Å². The average Bonchev–Trinajstić information content (AvgIpc) is 2.03. The molecule has 1 rings (SSSR count). The van der Waals surface area contributed by atoms with Crippen LogP contribution in [0.2, 0.25) is 5.15 Å². The van der Waals surface area contributed by atoms with E-state index in [2.05, 4.69) is 4.98 Å². The van der Waals surface area contributed by atoms with Crippen molar-refractivity contribution in [2.24, 2.45) is 0 Å². The van der Waals surface area contributed by atoms with Crippen LogP contribution in [0, 0.1) is 0 Å². The molecule has 1 aromatic rings. The minimum atomic E-state index is -0.593. The van der Waals surface area contributed by atoms with Crippen molar-refractivity contribution in [3.05, 3.63) is 22.8 Å². The predicted octanol–water partition coefficient (Wildman–Crippen LogP) is 1.80. The van der Waals surface area contributed by atoms with Gasteiger partial charge in [0, 0.05) is 5.56 Å². The van der Waals surface area contributed by atoms with E-state index >= 15 is 0 Å². The van der Waals surface area contributed by atoms with Crippen molar-refractivity contribution in [2.45, 2.75) is 13.0 Å². The number of aromatic nitrogens is 1. The second kappa shape index (κ2) is 3.74. The van der Waals surface area contributed by atoms with Gasteiger partial charge in [0.25, 0.3) is 0 Å². The fourth-order valence-electron chi connectivity index (χ4n) is 0.910. The molecule has 66 valence electrons. The van der Waals surface area contributed by atoms with Crippen molar-refractivity contribution in [1.29, 1.82) is 0 Å². The highest BCUT2D eigenvalue weighted by Gasteiger charge is 2.09. The van der Waals surface area contributed by atoms with Crippen LogP contribution >= 0.6 is 11.6 Å². The molecular weight excluding hydrogens is 178 g/mol. The molecule has 0 saturated carbocycles. The zero-order valence-corrected chi connectivity index (χ0v) is 7.67. The van der Waals surface area contributed by atoms with Gasteiger partial charge in [-0.25, -0.2) is 4.98 Å². The van der Waals surface area contributed by atoms with Crippen molar-refractivity contribution in [3.63, 3.8) is 0 Å². The zero-order chi connectivity index (χ0) is 9.14. The topological polar surface area (TPSA) is 42.4 Å². The van der Waals surface area contributed by atoms with Gasteiger partial charge in [0.05, 0.1) is 13.2 Å². The number of hydrogen-bond acceptors (Lipinski definition) is 3. The number of methoxy groups -OCH3 is 1.